The van der Waals surface area contributed by atoms with Crippen LogP contribution in [0, 0.1) is 0 Å². The lowest BCUT2D eigenvalue weighted by molar-refractivity contribution is -0.148. The van der Waals surface area contributed by atoms with Gasteiger partial charge in [0.2, 0.25) is 5.91 Å². The third-order valence-corrected chi connectivity index (χ3v) is 9.07. The number of aliphatic carboxylic acids is 1. The Morgan fingerprint density at radius 1 is 1.38 bits per heavy atom. The third-order valence-electron chi connectivity index (χ3n) is 4.65. The smallest absolute Gasteiger partial charge is 0.326 e. The second kappa shape index (κ2) is 9.57. The van der Waals surface area contributed by atoms with Gasteiger partial charge in [0, 0.05) is 24.5 Å². The number of carboxylic acid groups (broad SMARTS) is 1. The highest BCUT2D eigenvalue weighted by atomic mass is 32.2. The number of carbonyl (C=O) groups excluding carboxylic acids is 2. The number of likely N-dealkylation sites (tertiary alicyclic amines) is 1. The Balaban J connectivity index is 1.91. The second-order valence-electron chi connectivity index (χ2n) is 6.34. The van der Waals surface area contributed by atoms with Crippen molar-refractivity contribution < 1.29 is 24.2 Å². The van der Waals surface area contributed by atoms with Crippen molar-refractivity contribution in [3.63, 3.8) is 0 Å². The number of thioether (sulfide) groups is 3. The Hall–Kier alpha value is -0.580. The predicted molar refractivity (Wildman–Crippen MR) is 107 cm³/mol. The molecule has 2 fully saturated rings. The topological polar surface area (TPSA) is 95.9 Å². The maximum absolute atomic E-state index is 12.8. The molecule has 2 aliphatic heterocycles. The van der Waals surface area contributed by atoms with Gasteiger partial charge in [0.05, 0.1) is 17.2 Å². The molecular formula is C16H26N2O5S3. The standard InChI is InChI=1S/C16H26N2O5S3/c1-10(17-5-4-12(24-3)15(22)23-2)13(19)18-9-16(25-6-7-26-16)8-11(18)14(20)21/h10-12,17H,4-9H2,1-3H3,(H,20,21)/t10-,11?,12?/m0/s1. The molecule has 148 valence electrons. The molecule has 2 aliphatic rings. The molecule has 26 heavy (non-hydrogen) atoms. The Morgan fingerprint density at radius 3 is 2.58 bits per heavy atom. The summed E-state index contributed by atoms with van der Waals surface area (Å²) in [5.41, 5.74) is 0. The van der Waals surface area contributed by atoms with E-state index in [1.165, 1.54) is 23.8 Å². The molecule has 2 saturated heterocycles. The minimum absolute atomic E-state index is 0.173. The summed E-state index contributed by atoms with van der Waals surface area (Å²) in [4.78, 5) is 37.6. The second-order valence-corrected chi connectivity index (χ2v) is 10.6. The molecular weight excluding hydrogens is 396 g/mol. The van der Waals surface area contributed by atoms with Crippen molar-refractivity contribution in [2.45, 2.75) is 41.2 Å². The minimum atomic E-state index is -0.941. The molecule has 0 aromatic carbocycles. The molecule has 0 aromatic heterocycles. The number of carboxylic acids is 1. The Kier molecular flexibility index (Phi) is 7.99. The number of nitrogens with zero attached hydrogens (tertiary/aromatic N) is 1. The van der Waals surface area contributed by atoms with E-state index in [4.69, 9.17) is 4.74 Å². The van der Waals surface area contributed by atoms with Gasteiger partial charge in [-0.1, -0.05) is 0 Å². The van der Waals surface area contributed by atoms with Crippen LogP contribution in [0.3, 0.4) is 0 Å². The summed E-state index contributed by atoms with van der Waals surface area (Å²) in [7, 11) is 1.36. The van der Waals surface area contributed by atoms with E-state index in [2.05, 4.69) is 5.32 Å². The van der Waals surface area contributed by atoms with Gasteiger partial charge in [0.1, 0.15) is 11.3 Å². The first-order valence-corrected chi connectivity index (χ1v) is 11.7. The zero-order chi connectivity index (χ0) is 19.3. The van der Waals surface area contributed by atoms with Crippen LogP contribution in [0.25, 0.3) is 0 Å². The van der Waals surface area contributed by atoms with Gasteiger partial charge in [-0.25, -0.2) is 4.79 Å². The number of nitrogens with one attached hydrogen (secondary N) is 1. The summed E-state index contributed by atoms with van der Waals surface area (Å²) < 4.78 is 4.58. The fourth-order valence-corrected chi connectivity index (χ4v) is 7.13. The maximum Gasteiger partial charge on any atom is 0.326 e. The van der Waals surface area contributed by atoms with E-state index >= 15 is 0 Å². The molecule has 1 spiro atoms. The van der Waals surface area contributed by atoms with Crippen LogP contribution in [0.1, 0.15) is 19.8 Å². The molecule has 2 heterocycles. The first kappa shape index (κ1) is 21.7. The van der Waals surface area contributed by atoms with Crippen molar-refractivity contribution in [1.82, 2.24) is 10.2 Å². The molecule has 0 bridgehead atoms. The van der Waals surface area contributed by atoms with Gasteiger partial charge < -0.3 is 20.1 Å². The molecule has 7 nitrogen and oxygen atoms in total. The molecule has 10 heteroatoms. The Bertz CT molecular complexity index is 542. The SMILES string of the molecule is COC(=O)C(CCN[C@@H](C)C(=O)N1CC2(CC1C(=O)O)SCCS2)SC. The lowest BCUT2D eigenvalue weighted by atomic mass is 10.2. The Labute approximate surface area is 166 Å². The number of hydrogen-bond donors (Lipinski definition) is 2. The van der Waals surface area contributed by atoms with E-state index in [1.54, 1.807) is 30.4 Å². The largest absolute Gasteiger partial charge is 0.480 e. The van der Waals surface area contributed by atoms with E-state index in [9.17, 15) is 19.5 Å². The van der Waals surface area contributed by atoms with Gasteiger partial charge >= 0.3 is 11.9 Å². The third kappa shape index (κ3) is 5.02. The van der Waals surface area contributed by atoms with Crippen LogP contribution >= 0.6 is 35.3 Å². The van der Waals surface area contributed by atoms with Gasteiger partial charge in [-0.05, 0) is 26.1 Å². The fourth-order valence-electron chi connectivity index (χ4n) is 3.23. The highest BCUT2D eigenvalue weighted by molar-refractivity contribution is 8.21. The summed E-state index contributed by atoms with van der Waals surface area (Å²) >= 11 is 4.95. The molecule has 2 N–H and O–H groups in total. The highest BCUT2D eigenvalue weighted by Gasteiger charge is 2.51. The molecule has 2 rings (SSSR count). The highest BCUT2D eigenvalue weighted by Crippen LogP contribution is 2.51. The maximum atomic E-state index is 12.8. The zero-order valence-electron chi connectivity index (χ0n) is 15.2. The van der Waals surface area contributed by atoms with Crippen molar-refractivity contribution in [1.29, 1.82) is 0 Å². The summed E-state index contributed by atoms with van der Waals surface area (Å²) in [6, 6.07) is -1.26. The Morgan fingerprint density at radius 2 is 2.04 bits per heavy atom. The zero-order valence-corrected chi connectivity index (χ0v) is 17.7. The lowest BCUT2D eigenvalue weighted by Crippen LogP contribution is -2.49. The van der Waals surface area contributed by atoms with Crippen LogP contribution in [-0.2, 0) is 19.1 Å². The molecule has 0 aliphatic carbocycles. The van der Waals surface area contributed by atoms with Crippen molar-refractivity contribution in [3.05, 3.63) is 0 Å². The van der Waals surface area contributed by atoms with Crippen LogP contribution in [0.4, 0.5) is 0 Å². The summed E-state index contributed by atoms with van der Waals surface area (Å²) in [5.74, 6) is 0.582. The van der Waals surface area contributed by atoms with Crippen LogP contribution in [0.5, 0.6) is 0 Å². The van der Waals surface area contributed by atoms with Crippen molar-refractivity contribution in [2.24, 2.45) is 0 Å². The average Bonchev–Trinajstić information content (AvgIpc) is 3.24. The number of carbonyl (C=O) groups is 3. The summed E-state index contributed by atoms with van der Waals surface area (Å²) in [5, 5.41) is 12.4. The van der Waals surface area contributed by atoms with Crippen LogP contribution in [0.15, 0.2) is 0 Å². The monoisotopic (exact) mass is 422 g/mol. The van der Waals surface area contributed by atoms with Crippen LogP contribution in [-0.4, -0.2) is 87.2 Å². The molecule has 0 saturated carbocycles. The molecule has 2 unspecified atom stereocenters. The molecule has 0 aromatic rings. The van der Waals surface area contributed by atoms with Crippen molar-refractivity contribution in [2.75, 3.05) is 38.0 Å². The van der Waals surface area contributed by atoms with Gasteiger partial charge in [-0.2, -0.15) is 11.8 Å². The number of hydrogen-bond acceptors (Lipinski definition) is 8. The molecule has 1 amide bonds. The predicted octanol–water partition coefficient (Wildman–Crippen LogP) is 1.12. The van der Waals surface area contributed by atoms with Gasteiger partial charge in [0.15, 0.2) is 0 Å². The first-order valence-electron chi connectivity index (χ1n) is 8.49. The van der Waals surface area contributed by atoms with Gasteiger partial charge in [-0.15, -0.1) is 23.5 Å². The number of amides is 1. The quantitative estimate of drug-likeness (QED) is 0.558. The van der Waals surface area contributed by atoms with Crippen molar-refractivity contribution in [3.8, 4) is 0 Å². The number of rotatable bonds is 8. The van der Waals surface area contributed by atoms with Crippen molar-refractivity contribution >= 4 is 53.1 Å². The average molecular weight is 423 g/mol. The number of methoxy groups -OCH3 is 1. The normalized spacial score (nSPS) is 23.8. The molecule has 0 radical (unpaired) electrons. The minimum Gasteiger partial charge on any atom is -0.480 e. The molecule has 3 atom stereocenters. The van der Waals surface area contributed by atoms with Gasteiger partial charge in [0.25, 0.3) is 0 Å². The summed E-state index contributed by atoms with van der Waals surface area (Å²) in [6.07, 6.45) is 2.88. The number of ether oxygens (including phenoxy) is 1. The van der Waals surface area contributed by atoms with Gasteiger partial charge in [-0.3, -0.25) is 9.59 Å². The first-order chi connectivity index (χ1) is 12.3. The van der Waals surface area contributed by atoms with E-state index < -0.39 is 18.1 Å². The van der Waals surface area contributed by atoms with Crippen LogP contribution < -0.4 is 5.32 Å². The fraction of sp³-hybridized carbons (Fsp3) is 0.812. The van der Waals surface area contributed by atoms with E-state index in [1.807, 2.05) is 6.26 Å². The van der Waals surface area contributed by atoms with E-state index in [-0.39, 0.29) is 21.2 Å². The van der Waals surface area contributed by atoms with E-state index in [0.717, 1.165) is 11.5 Å². The lowest BCUT2D eigenvalue weighted by Gasteiger charge is -2.26. The van der Waals surface area contributed by atoms with E-state index in [0.29, 0.717) is 25.9 Å². The number of esters is 1. The summed E-state index contributed by atoms with van der Waals surface area (Å²) in [6.45, 7) is 2.70. The van der Waals surface area contributed by atoms with Crippen LogP contribution in [0.2, 0.25) is 0 Å².